The molecule has 100 valence electrons. The molecule has 0 bridgehead atoms. The summed E-state index contributed by atoms with van der Waals surface area (Å²) >= 11 is 0. The highest BCUT2D eigenvalue weighted by Crippen LogP contribution is 2.06. The standard InChI is InChI=1S/C12H19N3O3/c1-9(2)15(8-12(17)18)11(16)5-4-10-6-13-14(3)7-10/h6-7,9H,4-5,8H2,1-3H3,(H,17,18). The normalized spacial score (nSPS) is 10.7. The number of nitrogens with zero attached hydrogens (tertiary/aromatic N) is 3. The van der Waals surface area contributed by atoms with Gasteiger partial charge in [0.1, 0.15) is 6.54 Å². The minimum absolute atomic E-state index is 0.109. The van der Waals surface area contributed by atoms with Crippen LogP contribution in [-0.2, 0) is 23.1 Å². The van der Waals surface area contributed by atoms with Crippen molar-refractivity contribution in [2.75, 3.05) is 6.54 Å². The highest BCUT2D eigenvalue weighted by molar-refractivity contribution is 5.81. The van der Waals surface area contributed by atoms with E-state index in [2.05, 4.69) is 5.10 Å². The van der Waals surface area contributed by atoms with E-state index in [-0.39, 0.29) is 18.5 Å². The molecule has 18 heavy (non-hydrogen) atoms. The van der Waals surface area contributed by atoms with Gasteiger partial charge >= 0.3 is 5.97 Å². The monoisotopic (exact) mass is 253 g/mol. The SMILES string of the molecule is CC(C)N(CC(=O)O)C(=O)CCc1cnn(C)c1. The van der Waals surface area contributed by atoms with Gasteiger partial charge in [0.15, 0.2) is 0 Å². The zero-order valence-electron chi connectivity index (χ0n) is 11.0. The van der Waals surface area contributed by atoms with Gasteiger partial charge in [-0.1, -0.05) is 0 Å². The molecule has 1 amide bonds. The highest BCUT2D eigenvalue weighted by atomic mass is 16.4. The van der Waals surface area contributed by atoms with Gasteiger partial charge < -0.3 is 10.0 Å². The average molecular weight is 253 g/mol. The second-order valence-corrected chi connectivity index (χ2v) is 4.53. The van der Waals surface area contributed by atoms with Gasteiger partial charge in [0.05, 0.1) is 6.20 Å². The van der Waals surface area contributed by atoms with Gasteiger partial charge in [0, 0.05) is 25.7 Å². The second kappa shape index (κ2) is 6.18. The molecule has 1 aromatic heterocycles. The topological polar surface area (TPSA) is 75.4 Å². The Morgan fingerprint density at radius 3 is 2.61 bits per heavy atom. The number of carbonyl (C=O) groups is 2. The Morgan fingerprint density at radius 2 is 2.17 bits per heavy atom. The van der Waals surface area contributed by atoms with E-state index in [9.17, 15) is 9.59 Å². The Kier molecular flexibility index (Phi) is 4.88. The van der Waals surface area contributed by atoms with E-state index >= 15 is 0 Å². The lowest BCUT2D eigenvalue weighted by Gasteiger charge is -2.24. The molecule has 0 aliphatic carbocycles. The average Bonchev–Trinajstić information content (AvgIpc) is 2.68. The number of amides is 1. The lowest BCUT2D eigenvalue weighted by Crippen LogP contribution is -2.40. The third-order valence-electron chi connectivity index (χ3n) is 2.64. The summed E-state index contributed by atoms with van der Waals surface area (Å²) in [7, 11) is 1.82. The Hall–Kier alpha value is -1.85. The molecule has 0 saturated carbocycles. The highest BCUT2D eigenvalue weighted by Gasteiger charge is 2.19. The molecule has 0 radical (unpaired) electrons. The van der Waals surface area contributed by atoms with E-state index in [1.807, 2.05) is 27.1 Å². The maximum Gasteiger partial charge on any atom is 0.323 e. The van der Waals surface area contributed by atoms with Gasteiger partial charge in [-0.15, -0.1) is 0 Å². The van der Waals surface area contributed by atoms with Gasteiger partial charge in [-0.3, -0.25) is 14.3 Å². The first-order valence-corrected chi connectivity index (χ1v) is 5.89. The molecule has 0 aromatic carbocycles. The summed E-state index contributed by atoms with van der Waals surface area (Å²) in [5, 5.41) is 12.8. The van der Waals surface area contributed by atoms with Crippen LogP contribution in [0.2, 0.25) is 0 Å². The molecular weight excluding hydrogens is 234 g/mol. The van der Waals surface area contributed by atoms with Gasteiger partial charge in [-0.05, 0) is 25.8 Å². The number of carbonyl (C=O) groups excluding carboxylic acids is 1. The van der Waals surface area contributed by atoms with E-state index in [0.29, 0.717) is 12.8 Å². The van der Waals surface area contributed by atoms with Crippen molar-refractivity contribution in [2.24, 2.45) is 7.05 Å². The summed E-state index contributed by atoms with van der Waals surface area (Å²) in [5.41, 5.74) is 0.977. The maximum absolute atomic E-state index is 11.9. The summed E-state index contributed by atoms with van der Waals surface area (Å²) in [5.74, 6) is -1.13. The van der Waals surface area contributed by atoms with Crippen LogP contribution in [0.3, 0.4) is 0 Å². The lowest BCUT2D eigenvalue weighted by molar-refractivity contribution is -0.145. The third-order valence-corrected chi connectivity index (χ3v) is 2.64. The van der Waals surface area contributed by atoms with Crippen LogP contribution < -0.4 is 0 Å². The molecular formula is C12H19N3O3. The van der Waals surface area contributed by atoms with Crippen LogP contribution in [0.15, 0.2) is 12.4 Å². The fourth-order valence-electron chi connectivity index (χ4n) is 1.70. The Morgan fingerprint density at radius 1 is 1.50 bits per heavy atom. The molecule has 0 atom stereocenters. The summed E-state index contributed by atoms with van der Waals surface area (Å²) < 4.78 is 1.68. The molecule has 0 aliphatic rings. The minimum Gasteiger partial charge on any atom is -0.480 e. The lowest BCUT2D eigenvalue weighted by atomic mass is 10.1. The van der Waals surface area contributed by atoms with Gasteiger partial charge in [-0.25, -0.2) is 0 Å². The van der Waals surface area contributed by atoms with Gasteiger partial charge in [0.2, 0.25) is 5.91 Å². The quantitative estimate of drug-likeness (QED) is 0.808. The van der Waals surface area contributed by atoms with E-state index in [4.69, 9.17) is 5.11 Å². The summed E-state index contributed by atoms with van der Waals surface area (Å²) in [4.78, 5) is 24.0. The zero-order valence-corrected chi connectivity index (χ0v) is 11.0. The summed E-state index contributed by atoms with van der Waals surface area (Å²) in [6.45, 7) is 3.37. The predicted octanol–water partition coefficient (Wildman–Crippen LogP) is 0.674. The van der Waals surface area contributed by atoms with E-state index in [0.717, 1.165) is 5.56 Å². The van der Waals surface area contributed by atoms with Crippen molar-refractivity contribution in [3.8, 4) is 0 Å². The molecule has 0 spiro atoms. The fourth-order valence-corrected chi connectivity index (χ4v) is 1.70. The van der Waals surface area contributed by atoms with Crippen LogP contribution >= 0.6 is 0 Å². The molecule has 1 heterocycles. The first-order valence-electron chi connectivity index (χ1n) is 5.89. The van der Waals surface area contributed by atoms with Crippen LogP contribution in [0.5, 0.6) is 0 Å². The molecule has 1 rings (SSSR count). The van der Waals surface area contributed by atoms with Crippen LogP contribution in [0.4, 0.5) is 0 Å². The smallest absolute Gasteiger partial charge is 0.323 e. The molecule has 0 aliphatic heterocycles. The summed E-state index contributed by atoms with van der Waals surface area (Å²) in [6.07, 6.45) is 4.45. The molecule has 6 heteroatoms. The number of aromatic nitrogens is 2. The van der Waals surface area contributed by atoms with Crippen LogP contribution in [0, 0.1) is 0 Å². The van der Waals surface area contributed by atoms with Crippen LogP contribution in [0.25, 0.3) is 0 Å². The van der Waals surface area contributed by atoms with Gasteiger partial charge in [0.25, 0.3) is 0 Å². The number of hydrogen-bond acceptors (Lipinski definition) is 3. The zero-order chi connectivity index (χ0) is 13.7. The van der Waals surface area contributed by atoms with Crippen molar-refractivity contribution in [1.82, 2.24) is 14.7 Å². The molecule has 6 nitrogen and oxygen atoms in total. The van der Waals surface area contributed by atoms with Crippen molar-refractivity contribution in [3.05, 3.63) is 18.0 Å². The Labute approximate surface area is 106 Å². The van der Waals surface area contributed by atoms with E-state index < -0.39 is 5.97 Å². The molecule has 1 aromatic rings. The summed E-state index contributed by atoms with van der Waals surface area (Å²) in [6, 6.07) is -0.109. The number of carboxylic acid groups (broad SMARTS) is 1. The molecule has 0 saturated heterocycles. The number of hydrogen-bond donors (Lipinski definition) is 1. The minimum atomic E-state index is -0.988. The van der Waals surface area contributed by atoms with Crippen LogP contribution in [0.1, 0.15) is 25.8 Å². The fraction of sp³-hybridized carbons (Fsp3) is 0.583. The van der Waals surface area contributed by atoms with Crippen molar-refractivity contribution in [3.63, 3.8) is 0 Å². The van der Waals surface area contributed by atoms with Crippen molar-refractivity contribution in [1.29, 1.82) is 0 Å². The Bertz CT molecular complexity index is 426. The van der Waals surface area contributed by atoms with Crippen molar-refractivity contribution < 1.29 is 14.7 Å². The predicted molar refractivity (Wildman–Crippen MR) is 66.0 cm³/mol. The molecule has 1 N–H and O–H groups in total. The first-order chi connectivity index (χ1) is 8.40. The largest absolute Gasteiger partial charge is 0.480 e. The van der Waals surface area contributed by atoms with Gasteiger partial charge in [-0.2, -0.15) is 5.10 Å². The third kappa shape index (κ3) is 4.20. The number of aryl methyl sites for hydroxylation is 2. The van der Waals surface area contributed by atoms with E-state index in [1.54, 1.807) is 10.9 Å². The molecule has 0 fully saturated rings. The first kappa shape index (κ1) is 14.2. The number of rotatable bonds is 6. The van der Waals surface area contributed by atoms with Crippen LogP contribution in [-0.4, -0.2) is 44.3 Å². The second-order valence-electron chi connectivity index (χ2n) is 4.53. The Balaban J connectivity index is 2.53. The molecule has 0 unspecified atom stereocenters. The van der Waals surface area contributed by atoms with Crippen molar-refractivity contribution in [2.45, 2.75) is 32.7 Å². The number of carboxylic acids is 1. The number of aliphatic carboxylic acids is 1. The maximum atomic E-state index is 11.9. The van der Waals surface area contributed by atoms with E-state index in [1.165, 1.54) is 4.90 Å². The van der Waals surface area contributed by atoms with Crippen molar-refractivity contribution >= 4 is 11.9 Å².